The van der Waals surface area contributed by atoms with Crippen LogP contribution in [0.25, 0.3) is 11.0 Å². The van der Waals surface area contributed by atoms with Crippen molar-refractivity contribution in [3.05, 3.63) is 29.7 Å². The molecule has 0 aliphatic heterocycles. The van der Waals surface area contributed by atoms with Crippen LogP contribution < -0.4 is 16.0 Å². The van der Waals surface area contributed by atoms with Crippen LogP contribution >= 0.6 is 0 Å². The third-order valence-corrected chi connectivity index (χ3v) is 3.02. The van der Waals surface area contributed by atoms with Crippen LogP contribution in [0.5, 0.6) is 11.6 Å². The Morgan fingerprint density at radius 3 is 2.90 bits per heavy atom. The van der Waals surface area contributed by atoms with Crippen molar-refractivity contribution in [2.45, 2.75) is 20.3 Å². The average Bonchev–Trinajstić information content (AvgIpc) is 2.97. The van der Waals surface area contributed by atoms with Crippen molar-refractivity contribution in [3.8, 4) is 11.6 Å². The predicted octanol–water partition coefficient (Wildman–Crippen LogP) is 1.70. The molecule has 0 spiro atoms. The summed E-state index contributed by atoms with van der Waals surface area (Å²) in [5, 5.41) is 7.39. The fraction of sp³-hybridized carbons (Fsp3) is 0.231. The van der Waals surface area contributed by atoms with Crippen LogP contribution in [0.2, 0.25) is 0 Å². The Labute approximate surface area is 120 Å². The summed E-state index contributed by atoms with van der Waals surface area (Å²) >= 11 is 0. The number of ether oxygens (including phenoxy) is 1. The first-order valence-corrected chi connectivity index (χ1v) is 6.53. The fourth-order valence-electron chi connectivity index (χ4n) is 2.00. The van der Waals surface area contributed by atoms with Gasteiger partial charge in [-0.2, -0.15) is 15.1 Å². The summed E-state index contributed by atoms with van der Waals surface area (Å²) in [6.45, 7) is 3.97. The number of nitrogens with one attached hydrogen (secondary N) is 2. The zero-order chi connectivity index (χ0) is 14.8. The number of hydrazine groups is 1. The minimum atomic E-state index is 0.250. The van der Waals surface area contributed by atoms with E-state index < -0.39 is 0 Å². The highest BCUT2D eigenvalue weighted by atomic mass is 16.5. The van der Waals surface area contributed by atoms with Crippen LogP contribution in [0.4, 0.5) is 5.95 Å². The van der Waals surface area contributed by atoms with E-state index in [9.17, 15) is 0 Å². The van der Waals surface area contributed by atoms with Crippen LogP contribution in [0, 0.1) is 6.92 Å². The molecule has 0 bridgehead atoms. The van der Waals surface area contributed by atoms with E-state index >= 15 is 0 Å². The van der Waals surface area contributed by atoms with Crippen molar-refractivity contribution in [1.82, 2.24) is 25.1 Å². The summed E-state index contributed by atoms with van der Waals surface area (Å²) in [5.74, 6) is 6.66. The minimum Gasteiger partial charge on any atom is -0.436 e. The molecule has 3 aromatic heterocycles. The van der Waals surface area contributed by atoms with Gasteiger partial charge in [-0.3, -0.25) is 15.5 Å². The Hall–Kier alpha value is -2.74. The second kappa shape index (κ2) is 5.33. The number of anilines is 1. The van der Waals surface area contributed by atoms with E-state index in [1.165, 1.54) is 0 Å². The third kappa shape index (κ3) is 2.48. The predicted molar refractivity (Wildman–Crippen MR) is 77.9 cm³/mol. The minimum absolute atomic E-state index is 0.250. The molecule has 3 aromatic rings. The molecule has 21 heavy (non-hydrogen) atoms. The molecule has 0 aromatic carbocycles. The maximum Gasteiger partial charge on any atom is 0.242 e. The number of nitrogens with two attached hydrogens (primary N) is 1. The van der Waals surface area contributed by atoms with Crippen molar-refractivity contribution in [2.75, 3.05) is 5.43 Å². The molecule has 0 aliphatic carbocycles. The normalized spacial score (nSPS) is 10.8. The Bertz CT molecular complexity index is 783. The number of nitrogen functional groups attached to an aromatic ring is 1. The second-order valence-electron chi connectivity index (χ2n) is 4.48. The molecule has 0 saturated heterocycles. The number of H-pyrrole nitrogens is 1. The molecular formula is C13H15N7O. The molecule has 0 aliphatic rings. The van der Waals surface area contributed by atoms with Gasteiger partial charge >= 0.3 is 0 Å². The molecule has 0 fully saturated rings. The molecule has 4 N–H and O–H groups in total. The Balaban J connectivity index is 2.07. The summed E-state index contributed by atoms with van der Waals surface area (Å²) in [4.78, 5) is 12.8. The van der Waals surface area contributed by atoms with Gasteiger partial charge in [0.15, 0.2) is 11.4 Å². The lowest BCUT2D eigenvalue weighted by atomic mass is 10.2. The van der Waals surface area contributed by atoms with Gasteiger partial charge in [0.25, 0.3) is 0 Å². The zero-order valence-corrected chi connectivity index (χ0v) is 11.7. The highest BCUT2D eigenvalue weighted by Gasteiger charge is 2.13. The van der Waals surface area contributed by atoms with Gasteiger partial charge in [0.2, 0.25) is 11.8 Å². The molecule has 108 valence electrons. The van der Waals surface area contributed by atoms with Crippen molar-refractivity contribution in [3.63, 3.8) is 0 Å². The lowest BCUT2D eigenvalue weighted by Crippen LogP contribution is -2.11. The maximum absolute atomic E-state index is 5.90. The van der Waals surface area contributed by atoms with E-state index in [0.717, 1.165) is 17.8 Å². The van der Waals surface area contributed by atoms with Crippen LogP contribution in [0.15, 0.2) is 18.3 Å². The highest BCUT2D eigenvalue weighted by molar-refractivity contribution is 5.80. The van der Waals surface area contributed by atoms with Gasteiger partial charge in [-0.25, -0.2) is 5.84 Å². The number of fused-ring (bicyclic) bond motifs is 1. The quantitative estimate of drug-likeness (QED) is 0.493. The van der Waals surface area contributed by atoms with Gasteiger partial charge in [0, 0.05) is 5.69 Å². The van der Waals surface area contributed by atoms with Crippen LogP contribution in [0.3, 0.4) is 0 Å². The first-order valence-electron chi connectivity index (χ1n) is 6.53. The standard InChI is InChI=1S/C13H15N7O/c1-3-9-10(5-4-7(2)16-9)21-12-8-6-15-20-11(8)17-13(18-12)19-14/h4-6H,3,14H2,1-2H3,(H2,15,17,18,19,20). The number of nitrogens with zero attached hydrogens (tertiary/aromatic N) is 4. The zero-order valence-electron chi connectivity index (χ0n) is 11.7. The summed E-state index contributed by atoms with van der Waals surface area (Å²) < 4.78 is 5.90. The first kappa shape index (κ1) is 13.3. The van der Waals surface area contributed by atoms with Crippen LogP contribution in [-0.2, 0) is 6.42 Å². The topological polar surface area (TPSA) is 115 Å². The number of aromatic amines is 1. The molecular weight excluding hydrogens is 270 g/mol. The second-order valence-corrected chi connectivity index (χ2v) is 4.48. The number of aromatic nitrogens is 5. The lowest BCUT2D eigenvalue weighted by Gasteiger charge is -2.10. The number of hydrogen-bond acceptors (Lipinski definition) is 7. The van der Waals surface area contributed by atoms with Gasteiger partial charge in [-0.1, -0.05) is 6.92 Å². The van der Waals surface area contributed by atoms with E-state index in [2.05, 4.69) is 30.6 Å². The molecule has 0 radical (unpaired) electrons. The van der Waals surface area contributed by atoms with Gasteiger partial charge < -0.3 is 4.74 Å². The molecule has 0 unspecified atom stereocenters. The van der Waals surface area contributed by atoms with Crippen LogP contribution in [0.1, 0.15) is 18.3 Å². The number of pyridine rings is 1. The average molecular weight is 285 g/mol. The number of hydrogen-bond donors (Lipinski definition) is 3. The molecule has 8 nitrogen and oxygen atoms in total. The SMILES string of the molecule is CCc1nc(C)ccc1Oc1nc(NN)nc2[nH]ncc12. The van der Waals surface area contributed by atoms with Crippen molar-refractivity contribution < 1.29 is 4.74 Å². The van der Waals surface area contributed by atoms with E-state index in [1.807, 2.05) is 26.0 Å². The van der Waals surface area contributed by atoms with Gasteiger partial charge in [-0.05, 0) is 25.5 Å². The van der Waals surface area contributed by atoms with Gasteiger partial charge in [-0.15, -0.1) is 0 Å². The number of aryl methyl sites for hydroxylation is 2. The Kier molecular flexibility index (Phi) is 3.36. The summed E-state index contributed by atoms with van der Waals surface area (Å²) in [7, 11) is 0. The fourth-order valence-corrected chi connectivity index (χ4v) is 2.00. The summed E-state index contributed by atoms with van der Waals surface area (Å²) in [6.07, 6.45) is 2.37. The Morgan fingerprint density at radius 2 is 2.14 bits per heavy atom. The van der Waals surface area contributed by atoms with Gasteiger partial charge in [0.05, 0.1) is 11.9 Å². The monoisotopic (exact) mass is 285 g/mol. The van der Waals surface area contributed by atoms with E-state index in [-0.39, 0.29) is 5.95 Å². The van der Waals surface area contributed by atoms with Crippen molar-refractivity contribution >= 4 is 17.0 Å². The molecule has 0 saturated carbocycles. The maximum atomic E-state index is 5.90. The van der Waals surface area contributed by atoms with E-state index in [1.54, 1.807) is 6.20 Å². The van der Waals surface area contributed by atoms with Crippen molar-refractivity contribution in [1.29, 1.82) is 0 Å². The number of rotatable bonds is 4. The lowest BCUT2D eigenvalue weighted by molar-refractivity contribution is 0.460. The largest absolute Gasteiger partial charge is 0.436 e. The molecule has 3 rings (SSSR count). The van der Waals surface area contributed by atoms with Gasteiger partial charge in [0.1, 0.15) is 5.39 Å². The smallest absolute Gasteiger partial charge is 0.242 e. The summed E-state index contributed by atoms with van der Waals surface area (Å²) in [5.41, 5.74) is 4.77. The first-order chi connectivity index (χ1) is 10.2. The molecule has 3 heterocycles. The molecule has 8 heteroatoms. The molecule has 0 atom stereocenters. The highest BCUT2D eigenvalue weighted by Crippen LogP contribution is 2.29. The van der Waals surface area contributed by atoms with E-state index in [0.29, 0.717) is 22.7 Å². The third-order valence-electron chi connectivity index (χ3n) is 3.02. The summed E-state index contributed by atoms with van der Waals surface area (Å²) in [6, 6.07) is 3.77. The van der Waals surface area contributed by atoms with Crippen LogP contribution in [-0.4, -0.2) is 25.1 Å². The van der Waals surface area contributed by atoms with Crippen molar-refractivity contribution in [2.24, 2.45) is 5.84 Å². The Morgan fingerprint density at radius 1 is 1.29 bits per heavy atom. The van der Waals surface area contributed by atoms with E-state index in [4.69, 9.17) is 10.6 Å². The molecule has 0 amide bonds.